The highest BCUT2D eigenvalue weighted by atomic mass is 32.3. The second-order valence-electron chi connectivity index (χ2n) is 4.45. The van der Waals surface area contributed by atoms with Crippen LogP contribution in [0.5, 0.6) is 0 Å². The van der Waals surface area contributed by atoms with E-state index in [0.717, 1.165) is 17.7 Å². The van der Waals surface area contributed by atoms with Crippen molar-refractivity contribution in [3.63, 3.8) is 0 Å². The van der Waals surface area contributed by atoms with Crippen LogP contribution in [0.25, 0.3) is 6.08 Å². The zero-order valence-electron chi connectivity index (χ0n) is 11.4. The summed E-state index contributed by atoms with van der Waals surface area (Å²) in [6.45, 7) is 0. The maximum Gasteiger partial charge on any atom is 0.332 e. The van der Waals surface area contributed by atoms with Crippen molar-refractivity contribution in [1.29, 1.82) is 0 Å². The Hall–Kier alpha value is -2.67. The van der Waals surface area contributed by atoms with E-state index in [-0.39, 0.29) is 0 Å². The molecule has 3 N–H and O–H groups in total. The summed E-state index contributed by atoms with van der Waals surface area (Å²) in [7, 11) is -4.73. The first-order chi connectivity index (χ1) is 10.3. The van der Waals surface area contributed by atoms with Crippen LogP contribution in [0.15, 0.2) is 59.5 Å². The number of nitrogen functional groups attached to an aromatic ring is 1. The van der Waals surface area contributed by atoms with Gasteiger partial charge in [-0.1, -0.05) is 12.1 Å². The Morgan fingerprint density at radius 1 is 1.05 bits per heavy atom. The number of anilines is 2. The van der Waals surface area contributed by atoms with E-state index in [1.165, 1.54) is 18.2 Å². The molecule has 114 valence electrons. The van der Waals surface area contributed by atoms with Crippen LogP contribution in [0.1, 0.15) is 5.56 Å². The number of carbonyl (C=O) groups excluding carboxylic acids is 1. The second-order valence-corrected chi connectivity index (χ2v) is 5.80. The highest BCUT2D eigenvalue weighted by molar-refractivity contribution is 7.86. The zero-order chi connectivity index (χ0) is 16.2. The first-order valence-electron chi connectivity index (χ1n) is 6.24. The summed E-state index contributed by atoms with van der Waals surface area (Å²) < 4.78 is 34.1. The lowest BCUT2D eigenvalue weighted by Crippen LogP contribution is -2.07. The van der Waals surface area contributed by atoms with Gasteiger partial charge >= 0.3 is 10.2 Å². The average molecular weight is 320 g/mol. The van der Waals surface area contributed by atoms with Crippen LogP contribution < -0.4 is 11.1 Å². The highest BCUT2D eigenvalue weighted by Crippen LogP contribution is 2.16. The van der Waals surface area contributed by atoms with E-state index >= 15 is 0 Å². The van der Waals surface area contributed by atoms with Crippen LogP contribution in [0.3, 0.4) is 0 Å². The molecule has 0 aliphatic heterocycles. The fourth-order valence-corrected chi connectivity index (χ4v) is 2.12. The number of amides is 1. The van der Waals surface area contributed by atoms with Crippen LogP contribution in [0.2, 0.25) is 0 Å². The minimum atomic E-state index is -4.73. The first-order valence-corrected chi connectivity index (χ1v) is 7.62. The SMILES string of the molecule is Nc1ccc(C=CC(=O)Nc2ccc(S(=O)(=O)F)cc2)cc1. The number of hydrogen-bond acceptors (Lipinski definition) is 4. The molecule has 0 bridgehead atoms. The molecule has 0 aliphatic carbocycles. The summed E-state index contributed by atoms with van der Waals surface area (Å²) in [5, 5.41) is 2.53. The van der Waals surface area contributed by atoms with Gasteiger partial charge in [0.2, 0.25) is 5.91 Å². The van der Waals surface area contributed by atoms with Crippen LogP contribution >= 0.6 is 0 Å². The molecular weight excluding hydrogens is 307 g/mol. The molecule has 0 fully saturated rings. The van der Waals surface area contributed by atoms with Gasteiger partial charge in [-0.05, 0) is 48.0 Å². The van der Waals surface area contributed by atoms with Crippen molar-refractivity contribution in [2.75, 3.05) is 11.1 Å². The minimum absolute atomic E-state index is 0.361. The van der Waals surface area contributed by atoms with Crippen LogP contribution in [0, 0.1) is 0 Å². The summed E-state index contributed by atoms with van der Waals surface area (Å²) in [5.74, 6) is -0.396. The molecule has 0 unspecified atom stereocenters. The van der Waals surface area contributed by atoms with Gasteiger partial charge in [0.15, 0.2) is 0 Å². The van der Waals surface area contributed by atoms with Crippen molar-refractivity contribution >= 4 is 33.6 Å². The minimum Gasteiger partial charge on any atom is -0.399 e. The lowest BCUT2D eigenvalue weighted by molar-refractivity contribution is -0.111. The number of nitrogens with one attached hydrogen (secondary N) is 1. The molecule has 0 saturated carbocycles. The van der Waals surface area contributed by atoms with Gasteiger partial charge in [-0.2, -0.15) is 8.42 Å². The normalized spacial score (nSPS) is 11.5. The fraction of sp³-hybridized carbons (Fsp3) is 0. The quantitative estimate of drug-likeness (QED) is 0.515. The van der Waals surface area contributed by atoms with Crippen LogP contribution in [-0.2, 0) is 15.0 Å². The summed E-state index contributed by atoms with van der Waals surface area (Å²) >= 11 is 0. The summed E-state index contributed by atoms with van der Waals surface area (Å²) in [6.07, 6.45) is 2.93. The van der Waals surface area contributed by atoms with Gasteiger partial charge in [0.25, 0.3) is 0 Å². The van der Waals surface area contributed by atoms with Gasteiger partial charge in [-0.3, -0.25) is 4.79 Å². The molecule has 0 atom stereocenters. The molecule has 7 heteroatoms. The third-order valence-electron chi connectivity index (χ3n) is 2.77. The van der Waals surface area contributed by atoms with E-state index in [1.807, 2.05) is 0 Å². The zero-order valence-corrected chi connectivity index (χ0v) is 12.2. The van der Waals surface area contributed by atoms with Gasteiger partial charge in [-0.25, -0.2) is 0 Å². The third-order valence-corrected chi connectivity index (χ3v) is 3.60. The summed E-state index contributed by atoms with van der Waals surface area (Å²) in [4.78, 5) is 11.3. The smallest absolute Gasteiger partial charge is 0.332 e. The van der Waals surface area contributed by atoms with E-state index in [0.29, 0.717) is 11.4 Å². The van der Waals surface area contributed by atoms with Gasteiger partial charge < -0.3 is 11.1 Å². The second kappa shape index (κ2) is 6.40. The first kappa shape index (κ1) is 15.7. The van der Waals surface area contributed by atoms with Gasteiger partial charge in [0.1, 0.15) is 0 Å². The molecule has 2 aromatic carbocycles. The fourth-order valence-electron chi connectivity index (χ4n) is 1.66. The number of carbonyl (C=O) groups is 1. The van der Waals surface area contributed by atoms with Gasteiger partial charge in [-0.15, -0.1) is 3.89 Å². The van der Waals surface area contributed by atoms with Crippen molar-refractivity contribution in [3.05, 3.63) is 60.2 Å². The predicted octanol–water partition coefficient (Wildman–Crippen LogP) is 2.58. The average Bonchev–Trinajstić information content (AvgIpc) is 2.46. The molecule has 2 rings (SSSR count). The Balaban J connectivity index is 2.01. The van der Waals surface area contributed by atoms with E-state index in [4.69, 9.17) is 5.73 Å². The molecule has 0 saturated heterocycles. The molecule has 2 aromatic rings. The Bertz CT molecular complexity index is 798. The molecule has 22 heavy (non-hydrogen) atoms. The Morgan fingerprint density at radius 2 is 1.64 bits per heavy atom. The summed E-state index contributed by atoms with van der Waals surface area (Å²) in [5.41, 5.74) is 7.35. The van der Waals surface area contributed by atoms with E-state index in [9.17, 15) is 17.1 Å². The van der Waals surface area contributed by atoms with Crippen molar-refractivity contribution in [1.82, 2.24) is 0 Å². The molecular formula is C15H13FN2O3S. The lowest BCUT2D eigenvalue weighted by atomic mass is 10.2. The van der Waals surface area contributed by atoms with E-state index in [1.54, 1.807) is 30.3 Å². The Labute approximate surface area is 127 Å². The van der Waals surface area contributed by atoms with Crippen molar-refractivity contribution in [2.45, 2.75) is 4.90 Å². The number of hydrogen-bond donors (Lipinski definition) is 2. The maximum atomic E-state index is 12.7. The maximum absolute atomic E-state index is 12.7. The van der Waals surface area contributed by atoms with Gasteiger partial charge in [0.05, 0.1) is 4.90 Å². The van der Waals surface area contributed by atoms with E-state index in [2.05, 4.69) is 5.32 Å². The standard InChI is InChI=1S/C15H13FN2O3S/c16-22(20,21)14-8-6-13(7-9-14)18-15(19)10-3-11-1-4-12(17)5-2-11/h1-10H,17H2,(H,18,19). The van der Waals surface area contributed by atoms with Crippen LogP contribution in [-0.4, -0.2) is 14.3 Å². The van der Waals surface area contributed by atoms with Crippen molar-refractivity contribution in [3.8, 4) is 0 Å². The molecule has 0 spiro atoms. The number of rotatable bonds is 4. The molecule has 0 aliphatic rings. The van der Waals surface area contributed by atoms with E-state index < -0.39 is 21.0 Å². The van der Waals surface area contributed by atoms with Crippen LogP contribution in [0.4, 0.5) is 15.3 Å². The molecule has 1 amide bonds. The lowest BCUT2D eigenvalue weighted by Gasteiger charge is -2.02. The largest absolute Gasteiger partial charge is 0.399 e. The summed E-state index contributed by atoms with van der Waals surface area (Å²) in [6, 6.07) is 11.7. The predicted molar refractivity (Wildman–Crippen MR) is 83.3 cm³/mol. The third kappa shape index (κ3) is 4.42. The Morgan fingerprint density at radius 3 is 2.18 bits per heavy atom. The highest BCUT2D eigenvalue weighted by Gasteiger charge is 2.11. The molecule has 0 aromatic heterocycles. The number of halogens is 1. The van der Waals surface area contributed by atoms with Gasteiger partial charge in [0, 0.05) is 17.5 Å². The van der Waals surface area contributed by atoms with Crippen molar-refractivity contribution in [2.24, 2.45) is 0 Å². The van der Waals surface area contributed by atoms with Crippen molar-refractivity contribution < 1.29 is 17.1 Å². The number of nitrogens with two attached hydrogens (primary N) is 1. The monoisotopic (exact) mass is 320 g/mol. The Kier molecular flexibility index (Phi) is 4.57. The molecule has 0 radical (unpaired) electrons. The number of benzene rings is 2. The molecule has 5 nitrogen and oxygen atoms in total. The molecule has 0 heterocycles. The topological polar surface area (TPSA) is 89.3 Å².